The molecule has 2 nitrogen and oxygen atoms in total. The van der Waals surface area contributed by atoms with E-state index in [1.54, 1.807) is 0 Å². The number of hydrogen-bond donors (Lipinski definition) is 1. The summed E-state index contributed by atoms with van der Waals surface area (Å²) in [5.41, 5.74) is 0.0824. The first kappa shape index (κ1) is 12.4. The highest BCUT2D eigenvalue weighted by Crippen LogP contribution is 2.41. The highest BCUT2D eigenvalue weighted by molar-refractivity contribution is 4.97. The fraction of sp³-hybridized carbons (Fsp3) is 1.00. The Labute approximate surface area is 100 Å². The van der Waals surface area contributed by atoms with Gasteiger partial charge in [0.05, 0.1) is 6.10 Å². The van der Waals surface area contributed by atoms with Crippen LogP contribution in [0.25, 0.3) is 0 Å². The Morgan fingerprint density at radius 3 is 2.12 bits per heavy atom. The molecule has 0 amide bonds. The molecule has 0 bridgehead atoms. The molecule has 16 heavy (non-hydrogen) atoms. The molecule has 2 aliphatic carbocycles. The molecule has 0 radical (unpaired) electrons. The fourth-order valence-electron chi connectivity index (χ4n) is 3.31. The van der Waals surface area contributed by atoms with Gasteiger partial charge in [-0.15, -0.1) is 0 Å². The van der Waals surface area contributed by atoms with Crippen molar-refractivity contribution in [2.75, 3.05) is 14.1 Å². The SMILES string of the molecule is CN(C)C1(C(O)CC2CC2)CCCCCC1. The summed E-state index contributed by atoms with van der Waals surface area (Å²) in [7, 11) is 4.31. The molecule has 2 rings (SSSR count). The van der Waals surface area contributed by atoms with E-state index in [1.807, 2.05) is 0 Å². The molecule has 94 valence electrons. The topological polar surface area (TPSA) is 23.5 Å². The maximum absolute atomic E-state index is 10.6. The van der Waals surface area contributed by atoms with E-state index in [-0.39, 0.29) is 11.6 Å². The Bertz CT molecular complexity index is 215. The van der Waals surface area contributed by atoms with Crippen LogP contribution in [-0.2, 0) is 0 Å². The van der Waals surface area contributed by atoms with E-state index < -0.39 is 0 Å². The zero-order valence-electron chi connectivity index (χ0n) is 10.9. The average molecular weight is 225 g/mol. The molecule has 0 aromatic heterocycles. The number of nitrogens with zero attached hydrogens (tertiary/aromatic N) is 1. The van der Waals surface area contributed by atoms with Gasteiger partial charge in [0.25, 0.3) is 0 Å². The molecule has 0 aromatic rings. The smallest absolute Gasteiger partial charge is 0.0726 e. The third-order valence-electron chi connectivity index (χ3n) is 4.73. The summed E-state index contributed by atoms with van der Waals surface area (Å²) < 4.78 is 0. The standard InChI is InChI=1S/C14H27NO/c1-15(2)14(9-5-3-4-6-10-14)13(16)11-12-7-8-12/h12-13,16H,3-11H2,1-2H3. The van der Waals surface area contributed by atoms with Crippen molar-refractivity contribution in [2.45, 2.75) is 69.4 Å². The molecule has 1 atom stereocenters. The zero-order chi connectivity index (χ0) is 11.6. The van der Waals surface area contributed by atoms with Gasteiger partial charge in [-0.3, -0.25) is 0 Å². The Kier molecular flexibility index (Phi) is 3.91. The molecule has 2 heteroatoms. The summed E-state index contributed by atoms with van der Waals surface area (Å²) in [6.07, 6.45) is 11.3. The summed E-state index contributed by atoms with van der Waals surface area (Å²) in [5.74, 6) is 0.829. The highest BCUT2D eigenvalue weighted by atomic mass is 16.3. The third-order valence-corrected chi connectivity index (χ3v) is 4.73. The molecule has 1 unspecified atom stereocenters. The second-order valence-corrected chi connectivity index (χ2v) is 6.11. The van der Waals surface area contributed by atoms with Crippen LogP contribution in [0.1, 0.15) is 57.8 Å². The van der Waals surface area contributed by atoms with Gasteiger partial charge in [0.1, 0.15) is 0 Å². The maximum Gasteiger partial charge on any atom is 0.0726 e. The van der Waals surface area contributed by atoms with Crippen molar-refractivity contribution in [3.8, 4) is 0 Å². The van der Waals surface area contributed by atoms with Gasteiger partial charge in [-0.05, 0) is 39.3 Å². The average Bonchev–Trinajstić information content (AvgIpc) is 3.02. The lowest BCUT2D eigenvalue weighted by molar-refractivity contribution is -0.0251. The minimum Gasteiger partial charge on any atom is -0.391 e. The largest absolute Gasteiger partial charge is 0.391 e. The lowest BCUT2D eigenvalue weighted by Gasteiger charge is -2.43. The minimum atomic E-state index is -0.104. The van der Waals surface area contributed by atoms with E-state index in [0.717, 1.165) is 12.3 Å². The van der Waals surface area contributed by atoms with Crippen LogP contribution in [0.2, 0.25) is 0 Å². The van der Waals surface area contributed by atoms with E-state index in [1.165, 1.54) is 51.4 Å². The van der Waals surface area contributed by atoms with Crippen molar-refractivity contribution in [1.29, 1.82) is 0 Å². The van der Waals surface area contributed by atoms with Gasteiger partial charge in [-0.1, -0.05) is 38.5 Å². The van der Waals surface area contributed by atoms with Crippen molar-refractivity contribution in [3.05, 3.63) is 0 Å². The van der Waals surface area contributed by atoms with Crippen molar-refractivity contribution < 1.29 is 5.11 Å². The number of aliphatic hydroxyl groups excluding tert-OH is 1. The van der Waals surface area contributed by atoms with Crippen LogP contribution in [0.4, 0.5) is 0 Å². The monoisotopic (exact) mass is 225 g/mol. The first-order valence-electron chi connectivity index (χ1n) is 7.01. The number of likely N-dealkylation sites (N-methyl/N-ethyl adjacent to an activating group) is 1. The van der Waals surface area contributed by atoms with E-state index in [0.29, 0.717) is 0 Å². The highest BCUT2D eigenvalue weighted by Gasteiger charge is 2.42. The molecule has 2 fully saturated rings. The molecule has 0 spiro atoms. The van der Waals surface area contributed by atoms with Crippen LogP contribution < -0.4 is 0 Å². The molecule has 0 aromatic carbocycles. The maximum atomic E-state index is 10.6. The van der Waals surface area contributed by atoms with Gasteiger partial charge >= 0.3 is 0 Å². The van der Waals surface area contributed by atoms with Crippen LogP contribution in [-0.4, -0.2) is 35.7 Å². The van der Waals surface area contributed by atoms with Crippen LogP contribution in [0.5, 0.6) is 0 Å². The van der Waals surface area contributed by atoms with E-state index in [2.05, 4.69) is 19.0 Å². The first-order chi connectivity index (χ1) is 7.65. The van der Waals surface area contributed by atoms with Crippen molar-refractivity contribution >= 4 is 0 Å². The van der Waals surface area contributed by atoms with Crippen molar-refractivity contribution in [1.82, 2.24) is 4.90 Å². The Morgan fingerprint density at radius 1 is 1.12 bits per heavy atom. The van der Waals surface area contributed by atoms with Gasteiger partial charge in [-0.2, -0.15) is 0 Å². The van der Waals surface area contributed by atoms with E-state index in [9.17, 15) is 5.11 Å². The van der Waals surface area contributed by atoms with Crippen LogP contribution >= 0.6 is 0 Å². The van der Waals surface area contributed by atoms with Gasteiger partial charge in [0.2, 0.25) is 0 Å². The van der Waals surface area contributed by atoms with E-state index >= 15 is 0 Å². The molecular formula is C14H27NO. The minimum absolute atomic E-state index is 0.0824. The molecular weight excluding hydrogens is 198 g/mol. The predicted octanol–water partition coefficient (Wildman–Crippen LogP) is 2.80. The van der Waals surface area contributed by atoms with Gasteiger partial charge in [0, 0.05) is 5.54 Å². The van der Waals surface area contributed by atoms with Crippen LogP contribution in [0, 0.1) is 5.92 Å². The number of hydrogen-bond acceptors (Lipinski definition) is 2. The second-order valence-electron chi connectivity index (χ2n) is 6.11. The number of rotatable bonds is 4. The Morgan fingerprint density at radius 2 is 1.69 bits per heavy atom. The molecule has 2 aliphatic rings. The summed E-state index contributed by atoms with van der Waals surface area (Å²) >= 11 is 0. The molecule has 2 saturated carbocycles. The molecule has 0 heterocycles. The summed E-state index contributed by atoms with van der Waals surface area (Å²) in [6.45, 7) is 0. The zero-order valence-corrected chi connectivity index (χ0v) is 10.9. The lowest BCUT2D eigenvalue weighted by atomic mass is 9.81. The first-order valence-corrected chi connectivity index (χ1v) is 7.01. The predicted molar refractivity (Wildman–Crippen MR) is 67.5 cm³/mol. The second kappa shape index (κ2) is 5.05. The summed E-state index contributed by atoms with van der Waals surface area (Å²) in [4.78, 5) is 2.31. The lowest BCUT2D eigenvalue weighted by Crippen LogP contribution is -2.53. The van der Waals surface area contributed by atoms with Gasteiger partial charge < -0.3 is 10.0 Å². The van der Waals surface area contributed by atoms with Crippen LogP contribution in [0.15, 0.2) is 0 Å². The van der Waals surface area contributed by atoms with Crippen molar-refractivity contribution in [2.24, 2.45) is 5.92 Å². The van der Waals surface area contributed by atoms with E-state index in [4.69, 9.17) is 0 Å². The van der Waals surface area contributed by atoms with Crippen molar-refractivity contribution in [3.63, 3.8) is 0 Å². The number of aliphatic hydroxyl groups is 1. The molecule has 0 aliphatic heterocycles. The quantitative estimate of drug-likeness (QED) is 0.744. The summed E-state index contributed by atoms with van der Waals surface area (Å²) in [5, 5.41) is 10.6. The Hall–Kier alpha value is -0.0800. The third kappa shape index (κ3) is 2.60. The van der Waals surface area contributed by atoms with Gasteiger partial charge in [0.15, 0.2) is 0 Å². The molecule has 1 N–H and O–H groups in total. The summed E-state index contributed by atoms with van der Waals surface area (Å²) in [6, 6.07) is 0. The van der Waals surface area contributed by atoms with Crippen LogP contribution in [0.3, 0.4) is 0 Å². The molecule has 0 saturated heterocycles. The van der Waals surface area contributed by atoms with Gasteiger partial charge in [-0.25, -0.2) is 0 Å². The fourth-order valence-corrected chi connectivity index (χ4v) is 3.31. The Balaban J connectivity index is 2.04. The normalized spacial score (nSPS) is 27.8.